The summed E-state index contributed by atoms with van der Waals surface area (Å²) in [4.78, 5) is 17.0. The molecule has 0 spiro atoms. The van der Waals surface area contributed by atoms with Crippen LogP contribution in [0.5, 0.6) is 0 Å². The molecular weight excluding hydrogens is 314 g/mol. The Balaban J connectivity index is 2.46. The number of amides is 1. The predicted octanol–water partition coefficient (Wildman–Crippen LogP) is 2.83. The summed E-state index contributed by atoms with van der Waals surface area (Å²) in [5, 5.41) is 3.62. The molecule has 100 valence electrons. The van der Waals surface area contributed by atoms with Crippen molar-refractivity contribution >= 4 is 53.2 Å². The SMILES string of the molecule is [B]c1nc(-c2ccc(Cl)cc2Cl)c(C(=O)NCC=C)s1. The number of nitrogens with zero attached hydrogens (tertiary/aromatic N) is 1. The van der Waals surface area contributed by atoms with Crippen LogP contribution in [0.25, 0.3) is 11.3 Å². The fraction of sp³-hybridized carbons (Fsp3) is 0.0769. The molecule has 0 aliphatic rings. The number of nitrogens with one attached hydrogen (secondary N) is 1. The molecule has 0 atom stereocenters. The Labute approximate surface area is 132 Å². The molecule has 7 heteroatoms. The second-order valence-electron chi connectivity index (χ2n) is 3.85. The first-order valence-electron chi connectivity index (χ1n) is 5.63. The van der Waals surface area contributed by atoms with Crippen molar-refractivity contribution in [1.82, 2.24) is 10.3 Å². The van der Waals surface area contributed by atoms with Crippen LogP contribution in [0, 0.1) is 0 Å². The lowest BCUT2D eigenvalue weighted by molar-refractivity contribution is 0.0962. The van der Waals surface area contributed by atoms with Crippen molar-refractivity contribution in [3.05, 3.63) is 45.8 Å². The monoisotopic (exact) mass is 322 g/mol. The Morgan fingerprint density at radius 3 is 2.90 bits per heavy atom. The molecule has 2 rings (SSSR count). The highest BCUT2D eigenvalue weighted by Crippen LogP contribution is 2.32. The van der Waals surface area contributed by atoms with Gasteiger partial charge in [-0.3, -0.25) is 9.78 Å². The van der Waals surface area contributed by atoms with Gasteiger partial charge in [0, 0.05) is 22.0 Å². The van der Waals surface area contributed by atoms with E-state index in [2.05, 4.69) is 16.9 Å². The summed E-state index contributed by atoms with van der Waals surface area (Å²) in [6.07, 6.45) is 1.59. The normalized spacial score (nSPS) is 10.3. The molecule has 0 aliphatic heterocycles. The highest BCUT2D eigenvalue weighted by Gasteiger charge is 2.19. The van der Waals surface area contributed by atoms with E-state index in [0.29, 0.717) is 37.6 Å². The molecule has 1 aromatic carbocycles. The van der Waals surface area contributed by atoms with Crippen LogP contribution in [0.4, 0.5) is 0 Å². The average Bonchev–Trinajstić information content (AvgIpc) is 2.78. The number of halogens is 2. The van der Waals surface area contributed by atoms with E-state index in [-0.39, 0.29) is 5.91 Å². The van der Waals surface area contributed by atoms with Gasteiger partial charge < -0.3 is 5.32 Å². The number of rotatable bonds is 4. The number of benzene rings is 1. The Kier molecular flexibility index (Phi) is 4.86. The van der Waals surface area contributed by atoms with E-state index in [4.69, 9.17) is 31.0 Å². The van der Waals surface area contributed by atoms with E-state index < -0.39 is 0 Å². The summed E-state index contributed by atoms with van der Waals surface area (Å²) in [7, 11) is 5.70. The van der Waals surface area contributed by atoms with Crippen LogP contribution >= 0.6 is 34.5 Å². The van der Waals surface area contributed by atoms with Crippen molar-refractivity contribution in [2.45, 2.75) is 0 Å². The summed E-state index contributed by atoms with van der Waals surface area (Å²) in [6.45, 7) is 3.91. The standard InChI is InChI=1S/C13H9BCl2N2OS/c1-2-5-17-12(19)11-10(18-13(14)20-11)8-4-3-7(15)6-9(8)16/h2-4,6H,1,5H2,(H,17,19). The molecular formula is C13H9BCl2N2OS. The first-order valence-corrected chi connectivity index (χ1v) is 7.21. The van der Waals surface area contributed by atoms with Gasteiger partial charge in [-0.05, 0) is 18.2 Å². The van der Waals surface area contributed by atoms with Crippen LogP contribution in [0.2, 0.25) is 10.0 Å². The molecule has 3 nitrogen and oxygen atoms in total. The minimum atomic E-state index is -0.264. The lowest BCUT2D eigenvalue weighted by Crippen LogP contribution is -2.22. The van der Waals surface area contributed by atoms with Gasteiger partial charge in [0.1, 0.15) is 4.88 Å². The Morgan fingerprint density at radius 1 is 1.50 bits per heavy atom. The van der Waals surface area contributed by atoms with Crippen LogP contribution in [-0.2, 0) is 0 Å². The quantitative estimate of drug-likeness (QED) is 0.694. The van der Waals surface area contributed by atoms with Gasteiger partial charge in [-0.1, -0.05) is 29.3 Å². The van der Waals surface area contributed by atoms with Crippen LogP contribution in [0.3, 0.4) is 0 Å². The number of carbonyl (C=O) groups is 1. The van der Waals surface area contributed by atoms with Gasteiger partial charge in [-0.2, -0.15) is 0 Å². The zero-order valence-electron chi connectivity index (χ0n) is 10.3. The van der Waals surface area contributed by atoms with Crippen LogP contribution in [-0.4, -0.2) is 25.3 Å². The van der Waals surface area contributed by atoms with Crippen LogP contribution in [0.15, 0.2) is 30.9 Å². The number of thiazole rings is 1. The number of aromatic nitrogens is 1. The molecule has 1 amide bonds. The Morgan fingerprint density at radius 2 is 2.25 bits per heavy atom. The number of hydrogen-bond donors (Lipinski definition) is 1. The molecule has 0 aliphatic carbocycles. The lowest BCUT2D eigenvalue weighted by Gasteiger charge is -2.05. The fourth-order valence-corrected chi connectivity index (χ4v) is 2.86. The third-order valence-corrected chi connectivity index (χ3v) is 3.87. The van der Waals surface area contributed by atoms with Crippen LogP contribution in [0.1, 0.15) is 9.67 Å². The molecule has 2 radical (unpaired) electrons. The summed E-state index contributed by atoms with van der Waals surface area (Å²) in [5.74, 6) is -0.264. The molecule has 0 saturated heterocycles. The Hall–Kier alpha value is -1.30. The van der Waals surface area contributed by atoms with E-state index in [1.165, 1.54) is 0 Å². The minimum absolute atomic E-state index is 0.264. The maximum absolute atomic E-state index is 12.1. The largest absolute Gasteiger partial charge is 0.348 e. The van der Waals surface area contributed by atoms with Gasteiger partial charge in [-0.25, -0.2) is 0 Å². The van der Waals surface area contributed by atoms with Gasteiger partial charge in [0.15, 0.2) is 7.85 Å². The number of carbonyl (C=O) groups excluding carboxylic acids is 1. The van der Waals surface area contributed by atoms with Crippen molar-refractivity contribution in [2.75, 3.05) is 6.54 Å². The first kappa shape index (κ1) is 15.1. The molecule has 0 unspecified atom stereocenters. The van der Waals surface area contributed by atoms with Gasteiger partial charge >= 0.3 is 0 Å². The van der Waals surface area contributed by atoms with Gasteiger partial charge in [-0.15, -0.1) is 17.9 Å². The summed E-state index contributed by atoms with van der Waals surface area (Å²) < 4.78 is 0. The van der Waals surface area contributed by atoms with Crippen molar-refractivity contribution in [3.8, 4) is 11.3 Å². The molecule has 20 heavy (non-hydrogen) atoms. The zero-order valence-corrected chi connectivity index (χ0v) is 12.6. The zero-order chi connectivity index (χ0) is 14.7. The highest BCUT2D eigenvalue weighted by molar-refractivity contribution is 7.21. The maximum atomic E-state index is 12.1. The second-order valence-corrected chi connectivity index (χ2v) is 5.73. The summed E-state index contributed by atoms with van der Waals surface area (Å²) in [5.41, 5.74) is 1.07. The predicted molar refractivity (Wildman–Crippen MR) is 85.5 cm³/mol. The maximum Gasteiger partial charge on any atom is 0.263 e. The lowest BCUT2D eigenvalue weighted by atomic mass is 10.1. The second kappa shape index (κ2) is 6.44. The van der Waals surface area contributed by atoms with Crippen molar-refractivity contribution < 1.29 is 4.79 Å². The van der Waals surface area contributed by atoms with Crippen molar-refractivity contribution in [2.24, 2.45) is 0 Å². The third kappa shape index (κ3) is 3.23. The third-order valence-electron chi connectivity index (χ3n) is 2.44. The molecule has 1 heterocycles. The Bertz CT molecular complexity index is 672. The van der Waals surface area contributed by atoms with Gasteiger partial charge in [0.25, 0.3) is 5.91 Å². The van der Waals surface area contributed by atoms with Crippen LogP contribution < -0.4 is 10.2 Å². The topological polar surface area (TPSA) is 42.0 Å². The molecule has 0 bridgehead atoms. The fourth-order valence-electron chi connectivity index (χ4n) is 1.60. The van der Waals surface area contributed by atoms with Gasteiger partial charge in [0.2, 0.25) is 0 Å². The van der Waals surface area contributed by atoms with E-state index >= 15 is 0 Å². The smallest absolute Gasteiger partial charge is 0.263 e. The van der Waals surface area contributed by atoms with Crippen molar-refractivity contribution in [1.29, 1.82) is 0 Å². The minimum Gasteiger partial charge on any atom is -0.348 e. The molecule has 0 saturated carbocycles. The first-order chi connectivity index (χ1) is 9.52. The van der Waals surface area contributed by atoms with Crippen molar-refractivity contribution in [3.63, 3.8) is 0 Å². The number of hydrogen-bond acceptors (Lipinski definition) is 3. The highest BCUT2D eigenvalue weighted by atomic mass is 35.5. The molecule has 1 aromatic heterocycles. The molecule has 2 aromatic rings. The van der Waals surface area contributed by atoms with E-state index in [1.807, 2.05) is 0 Å². The van der Waals surface area contributed by atoms with E-state index in [1.54, 1.807) is 24.3 Å². The summed E-state index contributed by atoms with van der Waals surface area (Å²) >= 11 is 13.1. The molecule has 0 fully saturated rings. The van der Waals surface area contributed by atoms with Gasteiger partial charge in [0.05, 0.1) is 10.7 Å². The van der Waals surface area contributed by atoms with E-state index in [0.717, 1.165) is 11.3 Å². The molecule has 1 N–H and O–H groups in total. The van der Waals surface area contributed by atoms with E-state index in [9.17, 15) is 4.79 Å². The average molecular weight is 323 g/mol. The summed E-state index contributed by atoms with van der Waals surface area (Å²) in [6, 6.07) is 4.99.